The summed E-state index contributed by atoms with van der Waals surface area (Å²) in [5.74, 6) is 0.0574. The number of rotatable bonds is 5. The normalized spacial score (nSPS) is 14.2. The zero-order chi connectivity index (χ0) is 17.6. The molecule has 0 heterocycles. The van der Waals surface area contributed by atoms with E-state index in [1.54, 1.807) is 0 Å². The van der Waals surface area contributed by atoms with Gasteiger partial charge in [-0.1, -0.05) is 48.5 Å². The molecule has 1 aliphatic rings. The predicted octanol–water partition coefficient (Wildman–Crippen LogP) is 4.15. The van der Waals surface area contributed by atoms with E-state index in [-0.39, 0.29) is 18.6 Å². The van der Waals surface area contributed by atoms with Crippen molar-refractivity contribution in [3.05, 3.63) is 70.8 Å². The van der Waals surface area contributed by atoms with Crippen LogP contribution in [0.2, 0.25) is 0 Å². The fourth-order valence-corrected chi connectivity index (χ4v) is 3.67. The summed E-state index contributed by atoms with van der Waals surface area (Å²) in [5.41, 5.74) is 5.05. The van der Waals surface area contributed by atoms with Crippen LogP contribution in [0.5, 0.6) is 0 Å². The van der Waals surface area contributed by atoms with Crippen molar-refractivity contribution in [2.75, 3.05) is 19.7 Å². The van der Waals surface area contributed by atoms with E-state index in [4.69, 9.17) is 4.74 Å². The van der Waals surface area contributed by atoms with Gasteiger partial charge in [-0.3, -0.25) is 4.79 Å². The predicted molar refractivity (Wildman–Crippen MR) is 101 cm³/mol. The smallest absolute Gasteiger partial charge is 0.248 e. The molecule has 2 aromatic carbocycles. The van der Waals surface area contributed by atoms with Crippen LogP contribution in [0.15, 0.2) is 48.5 Å². The maximum Gasteiger partial charge on any atom is 0.248 e. The van der Waals surface area contributed by atoms with E-state index < -0.39 is 0 Å². The first-order valence-corrected chi connectivity index (χ1v) is 9.29. The highest BCUT2D eigenvalue weighted by molar-refractivity contribution is 5.77. The minimum Gasteiger partial charge on any atom is -0.359 e. The lowest BCUT2D eigenvalue weighted by Crippen LogP contribution is -2.34. The van der Waals surface area contributed by atoms with Gasteiger partial charge in [0.25, 0.3) is 0 Å². The van der Waals surface area contributed by atoms with Gasteiger partial charge < -0.3 is 9.64 Å². The lowest BCUT2D eigenvalue weighted by atomic mass is 9.87. The van der Waals surface area contributed by atoms with Crippen LogP contribution < -0.4 is 0 Å². The Kier molecular flexibility index (Phi) is 5.87. The van der Waals surface area contributed by atoms with Crippen LogP contribution in [0.4, 0.5) is 0 Å². The molecule has 2 aromatic rings. The summed E-state index contributed by atoms with van der Waals surface area (Å²) in [6.07, 6.45) is 3.06. The Morgan fingerprint density at radius 3 is 2.00 bits per heavy atom. The van der Waals surface area contributed by atoms with Crippen molar-refractivity contribution < 1.29 is 9.53 Å². The zero-order valence-corrected chi connectivity index (χ0v) is 15.2. The average Bonchev–Trinajstić information content (AvgIpc) is 2.63. The van der Waals surface area contributed by atoms with Gasteiger partial charge in [0.15, 0.2) is 0 Å². The van der Waals surface area contributed by atoms with Gasteiger partial charge in [-0.2, -0.15) is 0 Å². The van der Waals surface area contributed by atoms with Crippen LogP contribution in [0.25, 0.3) is 0 Å². The molecule has 1 aliphatic carbocycles. The quantitative estimate of drug-likeness (QED) is 0.820. The molecule has 3 rings (SSSR count). The first-order valence-electron chi connectivity index (χ1n) is 9.29. The van der Waals surface area contributed by atoms with E-state index in [1.807, 2.05) is 18.7 Å². The maximum atomic E-state index is 12.4. The van der Waals surface area contributed by atoms with Crippen LogP contribution >= 0.6 is 0 Å². The molecule has 0 bridgehead atoms. The number of likely N-dealkylation sites (N-methyl/N-ethyl adjacent to an activating group) is 1. The summed E-state index contributed by atoms with van der Waals surface area (Å²) >= 11 is 0. The van der Waals surface area contributed by atoms with Gasteiger partial charge in [0.1, 0.15) is 12.7 Å². The fraction of sp³-hybridized carbons (Fsp3) is 0.409. The molecule has 3 nitrogen and oxygen atoms in total. The van der Waals surface area contributed by atoms with Crippen LogP contribution in [0.3, 0.4) is 0 Å². The lowest BCUT2D eigenvalue weighted by molar-refractivity contribution is -0.137. The SMILES string of the molecule is CCN(CC)C(=O)COC1c2ccccc2CCCc2ccccc21. The summed E-state index contributed by atoms with van der Waals surface area (Å²) in [4.78, 5) is 14.2. The molecule has 0 saturated carbocycles. The molecule has 0 atom stereocenters. The summed E-state index contributed by atoms with van der Waals surface area (Å²) in [6.45, 7) is 5.56. The van der Waals surface area contributed by atoms with Crippen molar-refractivity contribution in [3.63, 3.8) is 0 Å². The molecular formula is C22H27NO2. The second-order valence-corrected chi connectivity index (χ2v) is 6.51. The van der Waals surface area contributed by atoms with Crippen molar-refractivity contribution >= 4 is 5.91 Å². The number of carbonyl (C=O) groups is 1. The molecule has 3 heteroatoms. The van der Waals surface area contributed by atoms with Crippen molar-refractivity contribution in [2.45, 2.75) is 39.2 Å². The molecular weight excluding hydrogens is 310 g/mol. The fourth-order valence-electron chi connectivity index (χ4n) is 3.67. The van der Waals surface area contributed by atoms with Gasteiger partial charge >= 0.3 is 0 Å². The third kappa shape index (κ3) is 3.93. The van der Waals surface area contributed by atoms with Gasteiger partial charge in [-0.05, 0) is 55.4 Å². The Bertz CT molecular complexity index is 674. The van der Waals surface area contributed by atoms with Gasteiger partial charge in [0, 0.05) is 13.1 Å². The van der Waals surface area contributed by atoms with Crippen LogP contribution in [0.1, 0.15) is 48.6 Å². The number of hydrogen-bond donors (Lipinski definition) is 0. The van der Waals surface area contributed by atoms with Crippen molar-refractivity contribution in [2.24, 2.45) is 0 Å². The number of ether oxygens (including phenoxy) is 1. The number of aryl methyl sites for hydroxylation is 2. The summed E-state index contributed by atoms with van der Waals surface area (Å²) in [7, 11) is 0. The standard InChI is InChI=1S/C22H27NO2/c1-3-23(4-2)21(24)16-25-22-19-14-7-5-10-17(19)12-9-13-18-11-6-8-15-20(18)22/h5-8,10-11,14-15,22H,3-4,9,12-13,16H2,1-2H3. The highest BCUT2D eigenvalue weighted by Crippen LogP contribution is 2.34. The second kappa shape index (κ2) is 8.30. The molecule has 0 saturated heterocycles. The first-order chi connectivity index (χ1) is 12.2. The Morgan fingerprint density at radius 1 is 0.960 bits per heavy atom. The Labute approximate surface area is 150 Å². The van der Waals surface area contributed by atoms with E-state index >= 15 is 0 Å². The van der Waals surface area contributed by atoms with E-state index in [1.165, 1.54) is 22.3 Å². The first kappa shape index (κ1) is 17.7. The molecule has 25 heavy (non-hydrogen) atoms. The van der Waals surface area contributed by atoms with Gasteiger partial charge in [-0.15, -0.1) is 0 Å². The monoisotopic (exact) mass is 337 g/mol. The molecule has 0 radical (unpaired) electrons. The van der Waals surface area contributed by atoms with Gasteiger partial charge in [0.2, 0.25) is 5.91 Å². The zero-order valence-electron chi connectivity index (χ0n) is 15.2. The molecule has 0 aliphatic heterocycles. The Hall–Kier alpha value is -2.13. The minimum atomic E-state index is -0.174. The van der Waals surface area contributed by atoms with E-state index in [9.17, 15) is 4.79 Å². The number of amides is 1. The average molecular weight is 337 g/mol. The second-order valence-electron chi connectivity index (χ2n) is 6.51. The minimum absolute atomic E-state index is 0.0574. The van der Waals surface area contributed by atoms with Crippen molar-refractivity contribution in [3.8, 4) is 0 Å². The van der Waals surface area contributed by atoms with E-state index in [2.05, 4.69) is 48.5 Å². The van der Waals surface area contributed by atoms with Crippen LogP contribution in [0, 0.1) is 0 Å². The highest BCUT2D eigenvalue weighted by atomic mass is 16.5. The maximum absolute atomic E-state index is 12.4. The summed E-state index contributed by atoms with van der Waals surface area (Å²) in [6, 6.07) is 17.0. The molecule has 0 N–H and O–H groups in total. The number of hydrogen-bond acceptors (Lipinski definition) is 2. The van der Waals surface area contributed by atoms with E-state index in [0.29, 0.717) is 0 Å². The van der Waals surface area contributed by atoms with Gasteiger partial charge in [0.05, 0.1) is 0 Å². The van der Waals surface area contributed by atoms with Gasteiger partial charge in [-0.25, -0.2) is 0 Å². The van der Waals surface area contributed by atoms with E-state index in [0.717, 1.165) is 32.4 Å². The third-order valence-corrected chi connectivity index (χ3v) is 5.06. The number of benzene rings is 2. The number of fused-ring (bicyclic) bond motifs is 2. The Morgan fingerprint density at radius 2 is 1.48 bits per heavy atom. The molecule has 1 amide bonds. The lowest BCUT2D eigenvalue weighted by Gasteiger charge is -2.27. The summed E-state index contributed by atoms with van der Waals surface area (Å²) in [5, 5.41) is 0. The Balaban J connectivity index is 1.92. The summed E-state index contributed by atoms with van der Waals surface area (Å²) < 4.78 is 6.23. The largest absolute Gasteiger partial charge is 0.359 e. The van der Waals surface area contributed by atoms with Crippen molar-refractivity contribution in [1.29, 1.82) is 0 Å². The molecule has 0 unspecified atom stereocenters. The molecule has 0 spiro atoms. The highest BCUT2D eigenvalue weighted by Gasteiger charge is 2.24. The van der Waals surface area contributed by atoms with Crippen LogP contribution in [-0.2, 0) is 22.4 Å². The van der Waals surface area contributed by atoms with Crippen LogP contribution in [-0.4, -0.2) is 30.5 Å². The molecule has 0 aromatic heterocycles. The topological polar surface area (TPSA) is 29.5 Å². The number of carbonyl (C=O) groups excluding carboxylic acids is 1. The molecule has 0 fully saturated rings. The number of nitrogens with zero attached hydrogens (tertiary/aromatic N) is 1. The molecule has 132 valence electrons. The third-order valence-electron chi connectivity index (χ3n) is 5.06. The van der Waals surface area contributed by atoms with Crippen molar-refractivity contribution in [1.82, 2.24) is 4.90 Å².